The van der Waals surface area contributed by atoms with Crippen LogP contribution in [-0.4, -0.2) is 30.4 Å². The largest absolute Gasteiger partial charge is 0.379 e. The summed E-state index contributed by atoms with van der Waals surface area (Å²) in [5, 5.41) is 2.87. The van der Waals surface area contributed by atoms with Gasteiger partial charge in [-0.05, 0) is 46.2 Å². The highest BCUT2D eigenvalue weighted by Gasteiger charge is 2.13. The molecule has 1 aromatic carbocycles. The highest BCUT2D eigenvalue weighted by Crippen LogP contribution is 2.23. The van der Waals surface area contributed by atoms with E-state index in [1.807, 2.05) is 20.8 Å². The van der Waals surface area contributed by atoms with E-state index in [2.05, 4.69) is 36.5 Å². The maximum Gasteiger partial charge on any atom is 0.233 e. The molecule has 0 bridgehead atoms. The van der Waals surface area contributed by atoms with Crippen LogP contribution in [0.3, 0.4) is 0 Å². The third-order valence-corrected chi connectivity index (χ3v) is 3.89. The average molecular weight is 295 g/mol. The van der Waals surface area contributed by atoms with Crippen LogP contribution in [-0.2, 0) is 9.53 Å². The summed E-state index contributed by atoms with van der Waals surface area (Å²) in [6.45, 7) is 9.38. The molecule has 0 saturated carbocycles. The van der Waals surface area contributed by atoms with E-state index in [9.17, 15) is 4.79 Å². The fourth-order valence-electron chi connectivity index (χ4n) is 1.62. The van der Waals surface area contributed by atoms with E-state index in [0.29, 0.717) is 13.2 Å². The molecule has 20 heavy (non-hydrogen) atoms. The molecule has 1 aromatic rings. The van der Waals surface area contributed by atoms with Crippen molar-refractivity contribution in [2.45, 2.75) is 50.4 Å². The molecule has 1 atom stereocenters. The summed E-state index contributed by atoms with van der Waals surface area (Å²) in [5.41, 5.74) is 1.23. The zero-order valence-electron chi connectivity index (χ0n) is 12.8. The Bertz CT molecular complexity index is 403. The van der Waals surface area contributed by atoms with Crippen molar-refractivity contribution in [3.8, 4) is 0 Å². The van der Waals surface area contributed by atoms with Crippen LogP contribution >= 0.6 is 11.8 Å². The molecular formula is C16H25NO2S. The van der Waals surface area contributed by atoms with E-state index in [1.54, 1.807) is 11.8 Å². The molecule has 1 N–H and O–H groups in total. The van der Waals surface area contributed by atoms with E-state index in [-0.39, 0.29) is 17.3 Å². The number of carbonyl (C=O) groups is 1. The standard InChI is InChI=1S/C16H25NO2S/c1-12(2)19-11-5-10-17-16(18)14(4)20-15-8-6-13(3)7-9-15/h6-9,12,14H,5,10-11H2,1-4H3,(H,17,18)/t14-/m0/s1. The van der Waals surface area contributed by atoms with Crippen molar-refractivity contribution in [2.75, 3.05) is 13.2 Å². The molecule has 0 aromatic heterocycles. The quantitative estimate of drug-likeness (QED) is 0.590. The summed E-state index contributed by atoms with van der Waals surface area (Å²) in [7, 11) is 0. The molecule has 0 aliphatic carbocycles. The number of benzene rings is 1. The molecule has 0 saturated heterocycles. The minimum atomic E-state index is -0.0799. The van der Waals surface area contributed by atoms with E-state index in [1.165, 1.54) is 5.56 Å². The topological polar surface area (TPSA) is 38.3 Å². The third-order valence-electron chi connectivity index (χ3n) is 2.77. The fraction of sp³-hybridized carbons (Fsp3) is 0.562. The fourth-order valence-corrected chi connectivity index (χ4v) is 2.51. The molecule has 0 aliphatic heterocycles. The first-order valence-electron chi connectivity index (χ1n) is 7.11. The number of hydrogen-bond acceptors (Lipinski definition) is 3. The van der Waals surface area contributed by atoms with Gasteiger partial charge in [0.1, 0.15) is 0 Å². The van der Waals surface area contributed by atoms with Crippen LogP contribution in [0.15, 0.2) is 29.2 Å². The van der Waals surface area contributed by atoms with Crippen molar-refractivity contribution in [1.29, 1.82) is 0 Å². The van der Waals surface area contributed by atoms with Crippen molar-refractivity contribution in [2.24, 2.45) is 0 Å². The van der Waals surface area contributed by atoms with Crippen LogP contribution in [0.2, 0.25) is 0 Å². The molecule has 0 unspecified atom stereocenters. The first-order valence-corrected chi connectivity index (χ1v) is 7.99. The summed E-state index contributed by atoms with van der Waals surface area (Å²) < 4.78 is 5.43. The number of carbonyl (C=O) groups excluding carboxylic acids is 1. The Kier molecular flexibility index (Phi) is 7.70. The molecule has 1 rings (SSSR count). The van der Waals surface area contributed by atoms with Gasteiger partial charge in [0.15, 0.2) is 0 Å². The van der Waals surface area contributed by atoms with Crippen LogP contribution < -0.4 is 5.32 Å². The van der Waals surface area contributed by atoms with Crippen LogP contribution in [0, 0.1) is 6.92 Å². The Morgan fingerprint density at radius 2 is 1.90 bits per heavy atom. The van der Waals surface area contributed by atoms with Crippen molar-refractivity contribution in [3.05, 3.63) is 29.8 Å². The number of aryl methyl sites for hydroxylation is 1. The molecule has 1 amide bonds. The van der Waals surface area contributed by atoms with Crippen molar-refractivity contribution in [3.63, 3.8) is 0 Å². The normalized spacial score (nSPS) is 12.4. The highest BCUT2D eigenvalue weighted by atomic mass is 32.2. The predicted molar refractivity (Wildman–Crippen MR) is 85.2 cm³/mol. The monoisotopic (exact) mass is 295 g/mol. The Morgan fingerprint density at radius 3 is 2.50 bits per heavy atom. The Morgan fingerprint density at radius 1 is 1.25 bits per heavy atom. The van der Waals surface area contributed by atoms with Gasteiger partial charge >= 0.3 is 0 Å². The number of thioether (sulfide) groups is 1. The second kappa shape index (κ2) is 9.03. The van der Waals surface area contributed by atoms with Gasteiger partial charge in [-0.1, -0.05) is 17.7 Å². The van der Waals surface area contributed by atoms with Gasteiger partial charge in [0.05, 0.1) is 11.4 Å². The average Bonchev–Trinajstić information content (AvgIpc) is 2.40. The minimum absolute atomic E-state index is 0.0799. The van der Waals surface area contributed by atoms with Crippen LogP contribution in [0.5, 0.6) is 0 Å². The number of amides is 1. The summed E-state index contributed by atoms with van der Waals surface area (Å²) in [5.74, 6) is 0.0834. The van der Waals surface area contributed by atoms with Gasteiger partial charge in [-0.2, -0.15) is 0 Å². The molecular weight excluding hydrogens is 270 g/mol. The van der Waals surface area contributed by atoms with Crippen molar-refractivity contribution in [1.82, 2.24) is 5.32 Å². The lowest BCUT2D eigenvalue weighted by Gasteiger charge is -2.12. The minimum Gasteiger partial charge on any atom is -0.379 e. The van der Waals surface area contributed by atoms with E-state index < -0.39 is 0 Å². The Labute approximate surface area is 126 Å². The zero-order chi connectivity index (χ0) is 15.0. The lowest BCUT2D eigenvalue weighted by atomic mass is 10.2. The second-order valence-corrected chi connectivity index (χ2v) is 6.55. The van der Waals surface area contributed by atoms with Gasteiger partial charge in [-0.3, -0.25) is 4.79 Å². The third kappa shape index (κ3) is 6.96. The van der Waals surface area contributed by atoms with Gasteiger partial charge in [-0.15, -0.1) is 11.8 Å². The number of nitrogens with one attached hydrogen (secondary N) is 1. The zero-order valence-corrected chi connectivity index (χ0v) is 13.6. The van der Waals surface area contributed by atoms with Gasteiger partial charge in [0.2, 0.25) is 5.91 Å². The van der Waals surface area contributed by atoms with Gasteiger partial charge in [0, 0.05) is 18.0 Å². The molecule has 0 radical (unpaired) electrons. The summed E-state index contributed by atoms with van der Waals surface area (Å²) in [6.07, 6.45) is 1.10. The molecule has 4 heteroatoms. The summed E-state index contributed by atoms with van der Waals surface area (Å²) in [4.78, 5) is 13.1. The lowest BCUT2D eigenvalue weighted by molar-refractivity contribution is -0.120. The van der Waals surface area contributed by atoms with Crippen molar-refractivity contribution < 1.29 is 9.53 Å². The SMILES string of the molecule is Cc1ccc(S[C@@H](C)C(=O)NCCCOC(C)C)cc1. The molecule has 0 spiro atoms. The van der Waals surface area contributed by atoms with E-state index in [0.717, 1.165) is 11.3 Å². The molecule has 0 aliphatic rings. The second-order valence-electron chi connectivity index (χ2n) is 5.14. The molecule has 0 heterocycles. The highest BCUT2D eigenvalue weighted by molar-refractivity contribution is 8.00. The number of rotatable bonds is 8. The summed E-state index contributed by atoms with van der Waals surface area (Å²) in [6, 6.07) is 8.24. The Balaban J connectivity index is 2.23. The van der Waals surface area contributed by atoms with E-state index >= 15 is 0 Å². The van der Waals surface area contributed by atoms with Gasteiger partial charge in [0.25, 0.3) is 0 Å². The molecule has 3 nitrogen and oxygen atoms in total. The number of hydrogen-bond donors (Lipinski definition) is 1. The lowest BCUT2D eigenvalue weighted by Crippen LogP contribution is -2.32. The van der Waals surface area contributed by atoms with Crippen LogP contribution in [0.4, 0.5) is 0 Å². The summed E-state index contributed by atoms with van der Waals surface area (Å²) >= 11 is 1.59. The van der Waals surface area contributed by atoms with Crippen LogP contribution in [0.25, 0.3) is 0 Å². The smallest absolute Gasteiger partial charge is 0.233 e. The number of ether oxygens (including phenoxy) is 1. The first kappa shape index (κ1) is 17.1. The Hall–Kier alpha value is -1.00. The van der Waals surface area contributed by atoms with Crippen molar-refractivity contribution >= 4 is 17.7 Å². The van der Waals surface area contributed by atoms with E-state index in [4.69, 9.17) is 4.74 Å². The molecule has 112 valence electrons. The predicted octanol–water partition coefficient (Wildman–Crippen LogP) is 3.41. The van der Waals surface area contributed by atoms with Crippen LogP contribution in [0.1, 0.15) is 32.8 Å². The van der Waals surface area contributed by atoms with Gasteiger partial charge in [-0.25, -0.2) is 0 Å². The maximum absolute atomic E-state index is 11.9. The maximum atomic E-state index is 11.9. The van der Waals surface area contributed by atoms with Gasteiger partial charge < -0.3 is 10.1 Å². The molecule has 0 fully saturated rings. The first-order chi connectivity index (χ1) is 9.49.